The maximum Gasteiger partial charge on any atom is 0.152 e. The Balaban J connectivity index is 1.62. The Morgan fingerprint density at radius 3 is 2.80 bits per heavy atom. The van der Waals surface area contributed by atoms with E-state index in [1.54, 1.807) is 0 Å². The number of nitrogens with zero attached hydrogens (tertiary/aromatic N) is 1. The fourth-order valence-electron chi connectivity index (χ4n) is 2.95. The summed E-state index contributed by atoms with van der Waals surface area (Å²) in [5.74, 6) is 2.69. The predicted molar refractivity (Wildman–Crippen MR) is 79.3 cm³/mol. The molecule has 2 heterocycles. The molecule has 0 saturated heterocycles. The zero-order valence-electron chi connectivity index (χ0n) is 12.3. The van der Waals surface area contributed by atoms with Crippen molar-refractivity contribution in [1.29, 1.82) is 0 Å². The molecule has 108 valence electrons. The summed E-state index contributed by atoms with van der Waals surface area (Å²) in [6, 6.07) is 4.62. The quantitative estimate of drug-likeness (QED) is 0.894. The number of aryl methyl sites for hydroxylation is 1. The van der Waals surface area contributed by atoms with Crippen LogP contribution in [0.2, 0.25) is 0 Å². The molecule has 3 rings (SSSR count). The van der Waals surface area contributed by atoms with E-state index in [4.69, 9.17) is 4.42 Å². The van der Waals surface area contributed by atoms with Crippen LogP contribution >= 0.6 is 0 Å². The highest BCUT2D eigenvalue weighted by atomic mass is 16.3. The number of furan rings is 1. The van der Waals surface area contributed by atoms with E-state index in [0.717, 1.165) is 29.7 Å². The molecule has 1 saturated carbocycles. The molecule has 1 aliphatic carbocycles. The smallest absolute Gasteiger partial charge is 0.152 e. The zero-order valence-corrected chi connectivity index (χ0v) is 12.3. The molecule has 0 bridgehead atoms. The lowest BCUT2D eigenvalue weighted by molar-refractivity contribution is 0.306. The highest BCUT2D eigenvalue weighted by molar-refractivity contribution is 5.56. The van der Waals surface area contributed by atoms with Gasteiger partial charge in [-0.15, -0.1) is 0 Å². The van der Waals surface area contributed by atoms with Gasteiger partial charge in [-0.05, 0) is 50.7 Å². The minimum atomic E-state index is 0.646. The third-order valence-corrected chi connectivity index (χ3v) is 4.30. The summed E-state index contributed by atoms with van der Waals surface area (Å²) in [4.78, 5) is 0. The van der Waals surface area contributed by atoms with Crippen molar-refractivity contribution in [2.75, 3.05) is 0 Å². The molecule has 20 heavy (non-hydrogen) atoms. The molecule has 1 aliphatic rings. The van der Waals surface area contributed by atoms with Crippen LogP contribution in [-0.2, 0) is 6.54 Å². The minimum Gasteiger partial charge on any atom is -0.460 e. The average Bonchev–Trinajstić information content (AvgIpc) is 3.06. The van der Waals surface area contributed by atoms with Gasteiger partial charge in [-0.1, -0.05) is 6.92 Å². The summed E-state index contributed by atoms with van der Waals surface area (Å²) in [5, 5.41) is 10.9. The Labute approximate surface area is 120 Å². The van der Waals surface area contributed by atoms with Crippen LogP contribution < -0.4 is 5.32 Å². The van der Waals surface area contributed by atoms with Crippen molar-refractivity contribution in [3.63, 3.8) is 0 Å². The van der Waals surface area contributed by atoms with E-state index < -0.39 is 0 Å². The van der Waals surface area contributed by atoms with Gasteiger partial charge in [0.1, 0.15) is 11.5 Å². The van der Waals surface area contributed by atoms with Crippen molar-refractivity contribution < 1.29 is 4.42 Å². The largest absolute Gasteiger partial charge is 0.460 e. The van der Waals surface area contributed by atoms with Crippen molar-refractivity contribution in [3.8, 4) is 11.5 Å². The van der Waals surface area contributed by atoms with Crippen molar-refractivity contribution in [2.45, 2.75) is 52.1 Å². The lowest BCUT2D eigenvalue weighted by Gasteiger charge is -2.26. The molecule has 0 unspecified atom stereocenters. The molecule has 4 nitrogen and oxygen atoms in total. The van der Waals surface area contributed by atoms with Crippen LogP contribution in [0.3, 0.4) is 0 Å². The van der Waals surface area contributed by atoms with Crippen molar-refractivity contribution in [1.82, 2.24) is 15.5 Å². The molecule has 0 radical (unpaired) electrons. The second-order valence-electron chi connectivity index (χ2n) is 6.02. The highest BCUT2D eigenvalue weighted by Gasteiger charge is 2.18. The maximum absolute atomic E-state index is 5.68. The van der Waals surface area contributed by atoms with E-state index in [2.05, 4.69) is 22.4 Å². The van der Waals surface area contributed by atoms with Crippen LogP contribution in [0.1, 0.15) is 43.9 Å². The molecule has 2 aromatic rings. The second-order valence-corrected chi connectivity index (χ2v) is 6.02. The van der Waals surface area contributed by atoms with E-state index in [1.165, 1.54) is 31.2 Å². The first kappa shape index (κ1) is 13.4. The van der Waals surface area contributed by atoms with Gasteiger partial charge in [0, 0.05) is 18.2 Å². The van der Waals surface area contributed by atoms with E-state index in [-0.39, 0.29) is 0 Å². The second kappa shape index (κ2) is 5.83. The van der Waals surface area contributed by atoms with Gasteiger partial charge in [-0.2, -0.15) is 5.10 Å². The van der Waals surface area contributed by atoms with E-state index >= 15 is 0 Å². The fraction of sp³-hybridized carbons (Fsp3) is 0.562. The van der Waals surface area contributed by atoms with Crippen LogP contribution in [0.4, 0.5) is 0 Å². The number of H-pyrrole nitrogens is 1. The van der Waals surface area contributed by atoms with Gasteiger partial charge < -0.3 is 9.73 Å². The minimum absolute atomic E-state index is 0.646. The van der Waals surface area contributed by atoms with E-state index in [9.17, 15) is 0 Å². The fourth-order valence-corrected chi connectivity index (χ4v) is 2.95. The van der Waals surface area contributed by atoms with Gasteiger partial charge in [0.2, 0.25) is 0 Å². The van der Waals surface area contributed by atoms with Crippen LogP contribution in [0.25, 0.3) is 11.5 Å². The molecule has 0 atom stereocenters. The Kier molecular flexibility index (Phi) is 3.92. The van der Waals surface area contributed by atoms with Crippen molar-refractivity contribution >= 4 is 0 Å². The Hall–Kier alpha value is -1.55. The first-order valence-corrected chi connectivity index (χ1v) is 7.55. The molecule has 2 aromatic heterocycles. The molecular weight excluding hydrogens is 250 g/mol. The maximum atomic E-state index is 5.68. The van der Waals surface area contributed by atoms with Gasteiger partial charge in [-0.25, -0.2) is 0 Å². The molecule has 0 amide bonds. The summed E-state index contributed by atoms with van der Waals surface area (Å²) >= 11 is 0. The van der Waals surface area contributed by atoms with Crippen LogP contribution in [0.15, 0.2) is 22.7 Å². The highest BCUT2D eigenvalue weighted by Crippen LogP contribution is 2.26. The molecule has 4 heteroatoms. The Morgan fingerprint density at radius 1 is 1.30 bits per heavy atom. The molecular formula is C16H23N3O. The number of hydrogen-bond acceptors (Lipinski definition) is 3. The van der Waals surface area contributed by atoms with Gasteiger partial charge in [0.05, 0.1) is 6.20 Å². The molecule has 0 aromatic carbocycles. The lowest BCUT2D eigenvalue weighted by atomic mass is 9.87. The molecule has 0 aliphatic heterocycles. The normalized spacial score (nSPS) is 23.1. The standard InChI is InChI=1S/C16H23N3O/c1-11-3-6-14(7-4-11)17-9-13-10-18-19-16(13)15-8-5-12(2)20-15/h5,8,10-11,14,17H,3-4,6-7,9H2,1-2H3,(H,18,19). The molecule has 2 N–H and O–H groups in total. The number of aromatic amines is 1. The monoisotopic (exact) mass is 273 g/mol. The summed E-state index contributed by atoms with van der Waals surface area (Å²) in [5.41, 5.74) is 2.17. The Morgan fingerprint density at radius 2 is 2.10 bits per heavy atom. The summed E-state index contributed by atoms with van der Waals surface area (Å²) < 4.78 is 5.68. The third kappa shape index (κ3) is 2.96. The number of aromatic nitrogens is 2. The zero-order chi connectivity index (χ0) is 13.9. The predicted octanol–water partition coefficient (Wildman–Crippen LogP) is 3.65. The first-order valence-electron chi connectivity index (χ1n) is 7.55. The van der Waals surface area contributed by atoms with Crippen LogP contribution in [0.5, 0.6) is 0 Å². The molecule has 1 fully saturated rings. The lowest BCUT2D eigenvalue weighted by Crippen LogP contribution is -2.32. The average molecular weight is 273 g/mol. The van der Waals surface area contributed by atoms with Gasteiger partial charge in [0.25, 0.3) is 0 Å². The number of rotatable bonds is 4. The van der Waals surface area contributed by atoms with E-state index in [1.807, 2.05) is 25.3 Å². The number of hydrogen-bond donors (Lipinski definition) is 2. The number of nitrogens with one attached hydrogen (secondary N) is 2. The SMILES string of the molecule is Cc1ccc(-c2[nH]ncc2CNC2CCC(C)CC2)o1. The van der Waals surface area contributed by atoms with Gasteiger partial charge >= 0.3 is 0 Å². The van der Waals surface area contributed by atoms with Crippen molar-refractivity contribution in [3.05, 3.63) is 29.7 Å². The van der Waals surface area contributed by atoms with Gasteiger partial charge in [0.15, 0.2) is 5.76 Å². The summed E-state index contributed by atoms with van der Waals surface area (Å²) in [6.45, 7) is 5.16. The summed E-state index contributed by atoms with van der Waals surface area (Å²) in [7, 11) is 0. The summed E-state index contributed by atoms with van der Waals surface area (Å²) in [6.07, 6.45) is 7.15. The van der Waals surface area contributed by atoms with Crippen LogP contribution in [0, 0.1) is 12.8 Å². The van der Waals surface area contributed by atoms with Crippen LogP contribution in [-0.4, -0.2) is 16.2 Å². The third-order valence-electron chi connectivity index (χ3n) is 4.30. The topological polar surface area (TPSA) is 53.9 Å². The van der Waals surface area contributed by atoms with E-state index in [0.29, 0.717) is 6.04 Å². The molecule has 0 spiro atoms. The first-order chi connectivity index (χ1) is 9.72. The Bertz CT molecular complexity index is 550. The van der Waals surface area contributed by atoms with Crippen molar-refractivity contribution in [2.24, 2.45) is 5.92 Å². The van der Waals surface area contributed by atoms with Gasteiger partial charge in [-0.3, -0.25) is 5.10 Å².